The fraction of sp³-hybridized carbons (Fsp3) is 0.111. The number of pyridine rings is 1. The van der Waals surface area contributed by atoms with Crippen molar-refractivity contribution in [2.24, 2.45) is 0 Å². The van der Waals surface area contributed by atoms with Gasteiger partial charge in [-0.25, -0.2) is 8.78 Å². The van der Waals surface area contributed by atoms with Gasteiger partial charge < -0.3 is 15.8 Å². The average molecular weight is 411 g/mol. The fourth-order valence-electron chi connectivity index (χ4n) is 2.45. The number of benzene rings is 2. The highest BCUT2D eigenvalue weighted by molar-refractivity contribution is 6.31. The van der Waals surface area contributed by atoms with Gasteiger partial charge in [0, 0.05) is 23.3 Å². The molecular formula is C18H14Cl2F2N4O. The van der Waals surface area contributed by atoms with Crippen LogP contribution in [-0.2, 0) is 0 Å². The minimum absolute atomic E-state index is 0. The lowest BCUT2D eigenvalue weighted by molar-refractivity contribution is 0.275. The second-order valence-electron chi connectivity index (χ2n) is 5.36. The summed E-state index contributed by atoms with van der Waals surface area (Å²) in [5, 5.41) is 13.0. The maximum atomic E-state index is 13.4. The number of alkyl halides is 1. The van der Waals surface area contributed by atoms with Crippen LogP contribution < -0.4 is 15.8 Å². The number of nitrogens with two attached hydrogens (primary N) is 1. The molecule has 0 radical (unpaired) electrons. The van der Waals surface area contributed by atoms with Crippen molar-refractivity contribution in [1.82, 2.24) is 4.98 Å². The Morgan fingerprint density at radius 1 is 1.30 bits per heavy atom. The summed E-state index contributed by atoms with van der Waals surface area (Å²) in [6.45, 7) is -0.762. The van der Waals surface area contributed by atoms with Crippen molar-refractivity contribution in [3.63, 3.8) is 0 Å². The first kappa shape index (κ1) is 20.5. The number of rotatable bonds is 5. The third-order valence-corrected chi connectivity index (χ3v) is 3.93. The lowest BCUT2D eigenvalue weighted by atomic mass is 10.1. The molecule has 0 bridgehead atoms. The van der Waals surface area contributed by atoms with Gasteiger partial charge in [-0.3, -0.25) is 4.98 Å². The van der Waals surface area contributed by atoms with Gasteiger partial charge in [-0.05, 0) is 24.3 Å². The quantitative estimate of drug-likeness (QED) is 0.578. The zero-order valence-electron chi connectivity index (χ0n) is 13.8. The topological polar surface area (TPSA) is 84.0 Å². The molecule has 3 rings (SSSR count). The minimum atomic E-state index is -0.642. The average Bonchev–Trinajstić information content (AvgIpc) is 2.63. The van der Waals surface area contributed by atoms with E-state index in [1.807, 2.05) is 6.07 Å². The van der Waals surface area contributed by atoms with Gasteiger partial charge in [-0.1, -0.05) is 11.6 Å². The van der Waals surface area contributed by atoms with Crippen LogP contribution in [0.1, 0.15) is 5.56 Å². The van der Waals surface area contributed by atoms with Crippen LogP contribution in [0.4, 0.5) is 25.8 Å². The summed E-state index contributed by atoms with van der Waals surface area (Å²) in [6, 6.07) is 9.34. The smallest absolute Gasteiger partial charge is 0.144 e. The van der Waals surface area contributed by atoms with Gasteiger partial charge in [0.25, 0.3) is 0 Å². The number of nitrogens with zero attached hydrogens (tertiary/aromatic N) is 2. The monoisotopic (exact) mass is 410 g/mol. The summed E-state index contributed by atoms with van der Waals surface area (Å²) < 4.78 is 30.9. The van der Waals surface area contributed by atoms with E-state index in [1.165, 1.54) is 24.4 Å². The van der Waals surface area contributed by atoms with Crippen molar-refractivity contribution < 1.29 is 13.5 Å². The van der Waals surface area contributed by atoms with Crippen LogP contribution in [0, 0.1) is 17.1 Å². The van der Waals surface area contributed by atoms with Crippen molar-refractivity contribution in [2.75, 3.05) is 24.3 Å². The highest BCUT2D eigenvalue weighted by Crippen LogP contribution is 2.35. The number of fused-ring (bicyclic) bond motifs is 1. The zero-order valence-corrected chi connectivity index (χ0v) is 15.4. The zero-order chi connectivity index (χ0) is 18.7. The Morgan fingerprint density at radius 2 is 2.07 bits per heavy atom. The van der Waals surface area contributed by atoms with E-state index >= 15 is 0 Å². The van der Waals surface area contributed by atoms with Crippen molar-refractivity contribution in [3.8, 4) is 11.8 Å². The van der Waals surface area contributed by atoms with Gasteiger partial charge in [0.2, 0.25) is 0 Å². The van der Waals surface area contributed by atoms with Crippen molar-refractivity contribution in [3.05, 3.63) is 52.9 Å². The second-order valence-corrected chi connectivity index (χ2v) is 5.76. The SMILES string of the molecule is Cl.N#Cc1cnc2cc(OCCF)c(N)cc2c1Nc1ccc(F)c(Cl)c1. The van der Waals surface area contributed by atoms with Gasteiger partial charge in [-0.15, -0.1) is 12.4 Å². The number of aromatic nitrogens is 1. The number of ether oxygens (including phenoxy) is 1. The molecule has 2 aromatic carbocycles. The van der Waals surface area contributed by atoms with E-state index in [2.05, 4.69) is 10.3 Å². The Hall–Kier alpha value is -2.82. The van der Waals surface area contributed by atoms with Crippen molar-refractivity contribution >= 4 is 52.0 Å². The van der Waals surface area contributed by atoms with E-state index in [4.69, 9.17) is 22.1 Å². The Kier molecular flexibility index (Phi) is 6.61. The van der Waals surface area contributed by atoms with Gasteiger partial charge in [0.15, 0.2) is 0 Å². The van der Waals surface area contributed by atoms with Crippen LogP contribution in [-0.4, -0.2) is 18.3 Å². The molecule has 0 unspecified atom stereocenters. The van der Waals surface area contributed by atoms with Gasteiger partial charge in [0.1, 0.15) is 30.9 Å². The molecule has 0 fully saturated rings. The standard InChI is InChI=1S/C18H13ClF2N4O.ClH/c19-13-5-11(1-2-14(13)21)25-18-10(8-22)9-24-16-7-17(26-4-3-20)15(23)6-12(16)18;/h1-2,5-7,9H,3-4,23H2,(H,24,25);1H. The maximum absolute atomic E-state index is 13.4. The van der Waals surface area contributed by atoms with Crippen LogP contribution in [0.3, 0.4) is 0 Å². The molecule has 0 saturated carbocycles. The first-order valence-corrected chi connectivity index (χ1v) is 7.94. The van der Waals surface area contributed by atoms with Gasteiger partial charge >= 0.3 is 0 Å². The Labute approximate surface area is 165 Å². The number of nitrogens with one attached hydrogen (secondary N) is 1. The second kappa shape index (κ2) is 8.71. The van der Waals surface area contributed by atoms with E-state index in [0.717, 1.165) is 0 Å². The number of nitrogen functional groups attached to an aromatic ring is 1. The fourth-order valence-corrected chi connectivity index (χ4v) is 2.63. The summed E-state index contributed by atoms with van der Waals surface area (Å²) in [4.78, 5) is 4.22. The summed E-state index contributed by atoms with van der Waals surface area (Å²) in [5.41, 5.74) is 7.97. The van der Waals surface area contributed by atoms with Crippen molar-refractivity contribution in [2.45, 2.75) is 0 Å². The summed E-state index contributed by atoms with van der Waals surface area (Å²) in [5.74, 6) is -0.237. The predicted octanol–water partition coefficient (Wildman–Crippen LogP) is 4.99. The molecule has 27 heavy (non-hydrogen) atoms. The lowest BCUT2D eigenvalue weighted by Crippen LogP contribution is -2.03. The lowest BCUT2D eigenvalue weighted by Gasteiger charge is -2.14. The van der Waals surface area contributed by atoms with E-state index in [0.29, 0.717) is 28.0 Å². The first-order valence-electron chi connectivity index (χ1n) is 7.56. The van der Waals surface area contributed by atoms with Crippen molar-refractivity contribution in [1.29, 1.82) is 5.26 Å². The molecule has 0 amide bonds. The Bertz CT molecular complexity index is 1020. The Morgan fingerprint density at radius 3 is 2.74 bits per heavy atom. The van der Waals surface area contributed by atoms with Crippen LogP contribution >= 0.6 is 24.0 Å². The molecule has 0 aliphatic heterocycles. The molecule has 3 N–H and O–H groups in total. The third-order valence-electron chi connectivity index (χ3n) is 3.64. The minimum Gasteiger partial charge on any atom is -0.489 e. The van der Waals surface area contributed by atoms with Crippen LogP contribution in [0.5, 0.6) is 5.75 Å². The molecule has 140 valence electrons. The molecule has 0 aliphatic rings. The largest absolute Gasteiger partial charge is 0.489 e. The highest BCUT2D eigenvalue weighted by Gasteiger charge is 2.13. The number of halogens is 4. The molecular weight excluding hydrogens is 397 g/mol. The van der Waals surface area contributed by atoms with Crippen LogP contribution in [0.2, 0.25) is 5.02 Å². The molecule has 0 aliphatic carbocycles. The number of hydrogen-bond acceptors (Lipinski definition) is 5. The molecule has 3 aromatic rings. The van der Waals surface area contributed by atoms with E-state index in [9.17, 15) is 14.0 Å². The van der Waals surface area contributed by atoms with Crippen LogP contribution in [0.25, 0.3) is 10.9 Å². The highest BCUT2D eigenvalue weighted by atomic mass is 35.5. The van der Waals surface area contributed by atoms with E-state index in [1.54, 1.807) is 12.1 Å². The normalized spacial score (nSPS) is 10.1. The summed E-state index contributed by atoms with van der Waals surface area (Å²) >= 11 is 5.81. The first-order chi connectivity index (χ1) is 12.5. The molecule has 0 atom stereocenters. The number of nitriles is 1. The predicted molar refractivity (Wildman–Crippen MR) is 104 cm³/mol. The molecule has 9 heteroatoms. The van der Waals surface area contributed by atoms with E-state index in [-0.39, 0.29) is 35.3 Å². The Balaban J connectivity index is 0.00000261. The maximum Gasteiger partial charge on any atom is 0.144 e. The number of anilines is 3. The molecule has 1 heterocycles. The number of hydrogen-bond donors (Lipinski definition) is 2. The van der Waals surface area contributed by atoms with Gasteiger partial charge in [0.05, 0.1) is 27.5 Å². The molecule has 1 aromatic heterocycles. The molecule has 5 nitrogen and oxygen atoms in total. The molecule has 0 saturated heterocycles. The third kappa shape index (κ3) is 4.30. The summed E-state index contributed by atoms with van der Waals surface area (Å²) in [6.07, 6.45) is 1.39. The van der Waals surface area contributed by atoms with Gasteiger partial charge in [-0.2, -0.15) is 5.26 Å². The summed E-state index contributed by atoms with van der Waals surface area (Å²) in [7, 11) is 0. The van der Waals surface area contributed by atoms with Crippen LogP contribution in [0.15, 0.2) is 36.5 Å². The molecule has 0 spiro atoms. The van der Waals surface area contributed by atoms with E-state index < -0.39 is 12.5 Å².